The smallest absolute Gasteiger partial charge is 0.451 e. The first-order valence-electron chi connectivity index (χ1n) is 9.42. The molecule has 0 aromatic heterocycles. The Labute approximate surface area is 165 Å². The molecule has 1 aromatic carbocycles. The van der Waals surface area contributed by atoms with E-state index in [2.05, 4.69) is 4.76 Å². The molecule has 0 fully saturated rings. The first-order chi connectivity index (χ1) is 13.3. The molecule has 1 aliphatic rings. The second-order valence-corrected chi connectivity index (χ2v) is 8.15. The summed E-state index contributed by atoms with van der Waals surface area (Å²) < 4.78 is 21.2. The molecule has 8 heteroatoms. The third-order valence-electron chi connectivity index (χ3n) is 4.61. The number of phenols is 1. The molecule has 0 radical (unpaired) electrons. The summed E-state index contributed by atoms with van der Waals surface area (Å²) in [6.45, 7) is 3.97. The van der Waals surface area contributed by atoms with Crippen LogP contribution >= 0.6 is 7.75 Å². The van der Waals surface area contributed by atoms with E-state index in [0.717, 1.165) is 12.0 Å². The van der Waals surface area contributed by atoms with Gasteiger partial charge in [0.1, 0.15) is 11.5 Å². The van der Waals surface area contributed by atoms with E-state index in [1.165, 1.54) is 24.3 Å². The first kappa shape index (κ1) is 22.4. The molecule has 0 aliphatic heterocycles. The zero-order chi connectivity index (χ0) is 20.7. The van der Waals surface area contributed by atoms with Crippen molar-refractivity contribution in [3.63, 3.8) is 0 Å². The van der Waals surface area contributed by atoms with Crippen LogP contribution < -0.4 is 0 Å². The van der Waals surface area contributed by atoms with Crippen LogP contribution in [-0.4, -0.2) is 38.6 Å². The van der Waals surface area contributed by atoms with E-state index in [0.29, 0.717) is 12.8 Å². The van der Waals surface area contributed by atoms with Crippen molar-refractivity contribution in [3.05, 3.63) is 53.3 Å². The standard InChI is InChI=1S/C20H28NO6P/c1-3-5-12-27-28(25,26)21-19-11-10-16(23)13-18(19)20(24)17(4-2)14-6-8-15(22)9-7-14/h6-10,13,17,20,22-24H,3-5,11-12H2,1-2H3,(H,25,26). The monoisotopic (exact) mass is 409 g/mol. The summed E-state index contributed by atoms with van der Waals surface area (Å²) in [5.41, 5.74) is 1.30. The van der Waals surface area contributed by atoms with Gasteiger partial charge in [-0.25, -0.2) is 4.57 Å². The van der Waals surface area contributed by atoms with Crippen LogP contribution in [-0.2, 0) is 9.09 Å². The van der Waals surface area contributed by atoms with Gasteiger partial charge in [0, 0.05) is 17.9 Å². The number of benzene rings is 1. The van der Waals surface area contributed by atoms with Crippen LogP contribution in [0.3, 0.4) is 0 Å². The predicted octanol–water partition coefficient (Wildman–Crippen LogP) is 4.38. The van der Waals surface area contributed by atoms with Crippen molar-refractivity contribution in [2.24, 2.45) is 4.76 Å². The lowest BCUT2D eigenvalue weighted by molar-refractivity contribution is 0.180. The highest BCUT2D eigenvalue weighted by atomic mass is 31.2. The lowest BCUT2D eigenvalue weighted by atomic mass is 9.83. The van der Waals surface area contributed by atoms with Crippen LogP contribution in [0.2, 0.25) is 0 Å². The topological polar surface area (TPSA) is 120 Å². The van der Waals surface area contributed by atoms with Crippen LogP contribution in [0.15, 0.2) is 52.5 Å². The molecule has 28 heavy (non-hydrogen) atoms. The van der Waals surface area contributed by atoms with Crippen LogP contribution in [0.5, 0.6) is 5.75 Å². The number of aliphatic hydroxyl groups excluding tert-OH is 2. The average Bonchev–Trinajstić information content (AvgIpc) is 2.65. The van der Waals surface area contributed by atoms with Crippen molar-refractivity contribution in [3.8, 4) is 5.75 Å². The van der Waals surface area contributed by atoms with E-state index in [1.807, 2.05) is 13.8 Å². The molecule has 0 bridgehead atoms. The van der Waals surface area contributed by atoms with E-state index in [-0.39, 0.29) is 41.7 Å². The number of aliphatic hydroxyl groups is 2. The normalized spacial score (nSPS) is 20.2. The van der Waals surface area contributed by atoms with Crippen LogP contribution in [0, 0.1) is 0 Å². The Morgan fingerprint density at radius 2 is 1.89 bits per heavy atom. The van der Waals surface area contributed by atoms with Crippen molar-refractivity contribution in [2.45, 2.75) is 51.6 Å². The Hall–Kier alpha value is -1.92. The van der Waals surface area contributed by atoms with Gasteiger partial charge in [-0.05, 0) is 42.7 Å². The fourth-order valence-corrected chi connectivity index (χ4v) is 3.99. The Balaban J connectivity index is 2.32. The summed E-state index contributed by atoms with van der Waals surface area (Å²) in [5.74, 6) is -0.256. The van der Waals surface area contributed by atoms with E-state index in [9.17, 15) is 24.8 Å². The molecule has 0 spiro atoms. The van der Waals surface area contributed by atoms with Gasteiger partial charge >= 0.3 is 7.75 Å². The highest BCUT2D eigenvalue weighted by molar-refractivity contribution is 7.51. The van der Waals surface area contributed by atoms with Gasteiger partial charge in [-0.2, -0.15) is 4.76 Å². The number of hydrogen-bond acceptors (Lipinski definition) is 5. The minimum atomic E-state index is -4.21. The van der Waals surface area contributed by atoms with Gasteiger partial charge in [-0.15, -0.1) is 0 Å². The Morgan fingerprint density at radius 1 is 1.21 bits per heavy atom. The van der Waals surface area contributed by atoms with Gasteiger partial charge in [0.25, 0.3) is 0 Å². The van der Waals surface area contributed by atoms with Gasteiger partial charge < -0.3 is 20.2 Å². The maximum absolute atomic E-state index is 12.3. The molecule has 154 valence electrons. The van der Waals surface area contributed by atoms with Crippen LogP contribution in [0.1, 0.15) is 51.0 Å². The zero-order valence-corrected chi connectivity index (χ0v) is 17.0. The molecule has 7 nitrogen and oxygen atoms in total. The molecule has 0 saturated carbocycles. The third-order valence-corrected chi connectivity index (χ3v) is 5.62. The van der Waals surface area contributed by atoms with Crippen LogP contribution in [0.4, 0.5) is 0 Å². The maximum Gasteiger partial charge on any atom is 0.451 e. The average molecular weight is 409 g/mol. The lowest BCUT2D eigenvalue weighted by Gasteiger charge is -2.27. The number of allylic oxidation sites excluding steroid dienone is 2. The van der Waals surface area contributed by atoms with E-state index in [1.54, 1.807) is 12.1 Å². The summed E-state index contributed by atoms with van der Waals surface area (Å²) in [7, 11) is -4.21. The number of phenolic OH excluding ortho intramolecular Hbond substituents is 1. The van der Waals surface area contributed by atoms with Crippen molar-refractivity contribution in [1.29, 1.82) is 0 Å². The van der Waals surface area contributed by atoms with Crippen molar-refractivity contribution >= 4 is 13.5 Å². The fraction of sp³-hybridized carbons (Fsp3) is 0.450. The molecule has 4 N–H and O–H groups in total. The molecule has 1 aromatic rings. The van der Waals surface area contributed by atoms with Crippen molar-refractivity contribution in [2.75, 3.05) is 6.61 Å². The molecular formula is C20H28NO6P. The van der Waals surface area contributed by atoms with Crippen molar-refractivity contribution in [1.82, 2.24) is 0 Å². The number of nitrogens with zero attached hydrogens (tertiary/aromatic N) is 1. The van der Waals surface area contributed by atoms with E-state index < -0.39 is 13.9 Å². The number of unbranched alkanes of at least 4 members (excludes halogenated alkanes) is 1. The zero-order valence-electron chi connectivity index (χ0n) is 16.2. The highest BCUT2D eigenvalue weighted by Crippen LogP contribution is 2.45. The largest absolute Gasteiger partial charge is 0.508 e. The van der Waals surface area contributed by atoms with Crippen LogP contribution in [0.25, 0.3) is 0 Å². The van der Waals surface area contributed by atoms with Gasteiger partial charge in [0.15, 0.2) is 0 Å². The van der Waals surface area contributed by atoms with E-state index in [4.69, 9.17) is 4.52 Å². The highest BCUT2D eigenvalue weighted by Gasteiger charge is 2.30. The third kappa shape index (κ3) is 6.04. The molecular weight excluding hydrogens is 381 g/mol. The molecule has 3 atom stereocenters. The second kappa shape index (κ2) is 10.0. The molecule has 0 heterocycles. The maximum atomic E-state index is 12.3. The summed E-state index contributed by atoms with van der Waals surface area (Å²) in [4.78, 5) is 10.0. The molecule has 3 unspecified atom stereocenters. The SMILES string of the molecule is CCCCOP(=O)(O)N=C1CC=C(O)C=C1C(O)C(CC)c1ccc(O)cc1. The van der Waals surface area contributed by atoms with E-state index >= 15 is 0 Å². The number of hydrogen-bond donors (Lipinski definition) is 4. The van der Waals surface area contributed by atoms with Gasteiger partial charge in [0.05, 0.1) is 18.4 Å². The second-order valence-electron chi connectivity index (χ2n) is 6.71. The summed E-state index contributed by atoms with van der Waals surface area (Å²) in [6, 6.07) is 6.51. The molecule has 0 amide bonds. The lowest BCUT2D eigenvalue weighted by Crippen LogP contribution is -2.26. The number of aromatic hydroxyl groups is 1. The number of rotatable bonds is 9. The minimum Gasteiger partial charge on any atom is -0.508 e. The Bertz CT molecular complexity index is 799. The molecule has 2 rings (SSSR count). The Morgan fingerprint density at radius 3 is 2.50 bits per heavy atom. The summed E-state index contributed by atoms with van der Waals surface area (Å²) >= 11 is 0. The van der Waals surface area contributed by atoms with Gasteiger partial charge in [-0.3, -0.25) is 4.52 Å². The van der Waals surface area contributed by atoms with Gasteiger partial charge in [-0.1, -0.05) is 32.4 Å². The summed E-state index contributed by atoms with van der Waals surface area (Å²) in [6.07, 6.45) is 3.92. The first-order valence-corrected chi connectivity index (χ1v) is 10.9. The minimum absolute atomic E-state index is 0.0340. The Kier molecular flexibility index (Phi) is 8.01. The van der Waals surface area contributed by atoms with Gasteiger partial charge in [0.2, 0.25) is 0 Å². The summed E-state index contributed by atoms with van der Waals surface area (Å²) in [5, 5.41) is 30.4. The predicted molar refractivity (Wildman–Crippen MR) is 109 cm³/mol. The fourth-order valence-electron chi connectivity index (χ4n) is 3.06. The quantitative estimate of drug-likeness (QED) is 0.355. The molecule has 0 saturated heterocycles. The van der Waals surface area contributed by atoms with Crippen molar-refractivity contribution < 1.29 is 29.3 Å². The molecule has 1 aliphatic carbocycles.